The molecule has 0 radical (unpaired) electrons. The summed E-state index contributed by atoms with van der Waals surface area (Å²) < 4.78 is 0. The number of benzene rings is 1. The molecule has 1 saturated heterocycles. The SMILES string of the molecule is C/C=C(\NCc1ccc(Cl)c(Cl)c1)NC(=O)C(=NC1CCNCC1)C(C)=CN. The number of nitrogens with zero attached hydrogens (tertiary/aromatic N) is 1. The number of nitrogens with one attached hydrogen (secondary N) is 3. The van der Waals surface area contributed by atoms with Crippen LogP contribution in [0.25, 0.3) is 0 Å². The number of amides is 1. The summed E-state index contributed by atoms with van der Waals surface area (Å²) in [6.45, 7) is 5.92. The minimum atomic E-state index is -0.285. The van der Waals surface area contributed by atoms with Crippen LogP contribution in [0.15, 0.2) is 46.9 Å². The maximum Gasteiger partial charge on any atom is 0.275 e. The number of allylic oxidation sites excluding steroid dienone is 1. The van der Waals surface area contributed by atoms with Crippen LogP contribution >= 0.6 is 23.2 Å². The molecule has 152 valence electrons. The molecule has 1 fully saturated rings. The molecular weight excluding hydrogens is 397 g/mol. The number of halogens is 2. The molecule has 5 N–H and O–H groups in total. The Morgan fingerprint density at radius 3 is 2.64 bits per heavy atom. The van der Waals surface area contributed by atoms with Crippen LogP contribution in [0.1, 0.15) is 32.3 Å². The second kappa shape index (κ2) is 11.1. The molecule has 0 spiro atoms. The molecule has 1 aromatic rings. The van der Waals surface area contributed by atoms with E-state index in [0.29, 0.717) is 33.7 Å². The van der Waals surface area contributed by atoms with Crippen molar-refractivity contribution in [2.45, 2.75) is 39.3 Å². The van der Waals surface area contributed by atoms with Gasteiger partial charge in [0.1, 0.15) is 11.5 Å². The first-order valence-electron chi connectivity index (χ1n) is 9.27. The highest BCUT2D eigenvalue weighted by molar-refractivity contribution is 6.45. The fourth-order valence-corrected chi connectivity index (χ4v) is 3.10. The maximum atomic E-state index is 12.8. The van der Waals surface area contributed by atoms with E-state index < -0.39 is 0 Å². The number of carbonyl (C=O) groups is 1. The third-order valence-electron chi connectivity index (χ3n) is 4.46. The predicted molar refractivity (Wildman–Crippen MR) is 116 cm³/mol. The zero-order valence-corrected chi connectivity index (χ0v) is 17.7. The van der Waals surface area contributed by atoms with E-state index in [1.54, 1.807) is 25.1 Å². The lowest BCUT2D eigenvalue weighted by Crippen LogP contribution is -2.38. The van der Waals surface area contributed by atoms with E-state index in [2.05, 4.69) is 20.9 Å². The Balaban J connectivity index is 2.04. The van der Waals surface area contributed by atoms with E-state index >= 15 is 0 Å². The summed E-state index contributed by atoms with van der Waals surface area (Å²) in [7, 11) is 0. The van der Waals surface area contributed by atoms with Gasteiger partial charge in [-0.1, -0.05) is 29.3 Å². The second-order valence-electron chi connectivity index (χ2n) is 6.57. The van der Waals surface area contributed by atoms with Gasteiger partial charge in [-0.05, 0) is 75.3 Å². The van der Waals surface area contributed by atoms with Gasteiger partial charge in [0.2, 0.25) is 0 Å². The van der Waals surface area contributed by atoms with E-state index in [-0.39, 0.29) is 11.9 Å². The molecule has 28 heavy (non-hydrogen) atoms. The lowest BCUT2D eigenvalue weighted by atomic mass is 10.1. The number of aliphatic imine (C=N–C) groups is 1. The fourth-order valence-electron chi connectivity index (χ4n) is 2.78. The molecule has 0 saturated carbocycles. The van der Waals surface area contributed by atoms with Crippen molar-refractivity contribution in [1.82, 2.24) is 16.0 Å². The minimum absolute atomic E-state index is 0.120. The molecule has 1 aromatic carbocycles. The number of nitrogens with two attached hydrogens (primary N) is 1. The Morgan fingerprint density at radius 1 is 1.32 bits per heavy atom. The highest BCUT2D eigenvalue weighted by Gasteiger charge is 2.19. The predicted octanol–water partition coefficient (Wildman–Crippen LogP) is 3.12. The smallest absolute Gasteiger partial charge is 0.275 e. The van der Waals surface area contributed by atoms with Crippen molar-refractivity contribution in [2.24, 2.45) is 10.7 Å². The summed E-state index contributed by atoms with van der Waals surface area (Å²) in [5, 5.41) is 10.4. The Bertz CT molecular complexity index is 783. The van der Waals surface area contributed by atoms with Gasteiger partial charge in [0.25, 0.3) is 5.91 Å². The fraction of sp³-hybridized carbons (Fsp3) is 0.400. The Labute approximate surface area is 176 Å². The van der Waals surface area contributed by atoms with Gasteiger partial charge in [-0.2, -0.15) is 0 Å². The summed E-state index contributed by atoms with van der Waals surface area (Å²) in [5.41, 5.74) is 7.62. The van der Waals surface area contributed by atoms with Crippen LogP contribution in [0.4, 0.5) is 0 Å². The number of hydrogen-bond donors (Lipinski definition) is 4. The van der Waals surface area contributed by atoms with Gasteiger partial charge >= 0.3 is 0 Å². The van der Waals surface area contributed by atoms with Crippen LogP contribution in [0.2, 0.25) is 10.0 Å². The van der Waals surface area contributed by atoms with E-state index in [0.717, 1.165) is 31.5 Å². The van der Waals surface area contributed by atoms with E-state index in [4.69, 9.17) is 28.9 Å². The first-order chi connectivity index (χ1) is 13.4. The maximum absolute atomic E-state index is 12.8. The molecule has 0 aliphatic carbocycles. The molecule has 0 bridgehead atoms. The van der Waals surface area contributed by atoms with Gasteiger partial charge in [0, 0.05) is 6.54 Å². The van der Waals surface area contributed by atoms with Crippen molar-refractivity contribution in [3.63, 3.8) is 0 Å². The molecular formula is C20H27Cl2N5O. The largest absolute Gasteiger partial charge is 0.404 e. The molecule has 1 aliphatic heterocycles. The zero-order chi connectivity index (χ0) is 20.5. The molecule has 8 heteroatoms. The monoisotopic (exact) mass is 423 g/mol. The Hall–Kier alpha value is -2.02. The Morgan fingerprint density at radius 2 is 2.04 bits per heavy atom. The van der Waals surface area contributed by atoms with E-state index in [1.807, 2.05) is 13.0 Å². The molecule has 0 unspecified atom stereocenters. The van der Waals surface area contributed by atoms with Gasteiger partial charge in [0.15, 0.2) is 0 Å². The highest BCUT2D eigenvalue weighted by atomic mass is 35.5. The van der Waals surface area contributed by atoms with Crippen LogP contribution in [0.3, 0.4) is 0 Å². The van der Waals surface area contributed by atoms with Crippen LogP contribution in [-0.4, -0.2) is 30.8 Å². The van der Waals surface area contributed by atoms with Gasteiger partial charge in [0.05, 0.1) is 16.1 Å². The van der Waals surface area contributed by atoms with Crippen LogP contribution in [0, 0.1) is 0 Å². The summed E-state index contributed by atoms with van der Waals surface area (Å²) in [6, 6.07) is 5.53. The number of piperidine rings is 1. The molecule has 1 aliphatic rings. The average Bonchev–Trinajstić information content (AvgIpc) is 2.71. The second-order valence-corrected chi connectivity index (χ2v) is 7.38. The first-order valence-corrected chi connectivity index (χ1v) is 10.0. The molecule has 1 heterocycles. The highest BCUT2D eigenvalue weighted by Crippen LogP contribution is 2.22. The lowest BCUT2D eigenvalue weighted by molar-refractivity contribution is -0.114. The molecule has 1 amide bonds. The topological polar surface area (TPSA) is 91.5 Å². The lowest BCUT2D eigenvalue weighted by Gasteiger charge is -2.21. The average molecular weight is 424 g/mol. The van der Waals surface area contributed by atoms with E-state index in [9.17, 15) is 4.79 Å². The minimum Gasteiger partial charge on any atom is -0.404 e. The summed E-state index contributed by atoms with van der Waals surface area (Å²) in [6.07, 6.45) is 5.01. The summed E-state index contributed by atoms with van der Waals surface area (Å²) in [4.78, 5) is 17.5. The molecule has 6 nitrogen and oxygen atoms in total. The molecule has 0 aromatic heterocycles. The standard InChI is InChI=1S/C20H27Cl2N5O/c1-3-18(25-12-14-4-5-16(21)17(22)10-14)27-20(28)19(13(2)11-23)26-15-6-8-24-9-7-15/h3-5,10-11,15,24-25H,6-9,12,23H2,1-2H3,(H,27,28)/b13-11?,18-3+,26-19?. The van der Waals surface area contributed by atoms with Crippen molar-refractivity contribution in [3.05, 3.63) is 57.5 Å². The third-order valence-corrected chi connectivity index (χ3v) is 5.20. The Kier molecular flexibility index (Phi) is 8.83. The quantitative estimate of drug-likeness (QED) is 0.507. The van der Waals surface area contributed by atoms with Gasteiger partial charge in [-0.15, -0.1) is 0 Å². The van der Waals surface area contributed by atoms with Crippen molar-refractivity contribution >= 4 is 34.8 Å². The molecule has 0 atom stereocenters. The number of carbonyl (C=O) groups excluding carboxylic acids is 1. The number of rotatable bonds is 7. The van der Waals surface area contributed by atoms with Crippen LogP contribution < -0.4 is 21.7 Å². The normalized spacial score (nSPS) is 16.8. The third kappa shape index (κ3) is 6.55. The first kappa shape index (κ1) is 22.3. The van der Waals surface area contributed by atoms with Crippen molar-refractivity contribution in [3.8, 4) is 0 Å². The van der Waals surface area contributed by atoms with Crippen LogP contribution in [0.5, 0.6) is 0 Å². The van der Waals surface area contributed by atoms with Gasteiger partial charge in [-0.3, -0.25) is 9.79 Å². The number of hydrogen-bond acceptors (Lipinski definition) is 5. The van der Waals surface area contributed by atoms with Gasteiger partial charge < -0.3 is 21.7 Å². The summed E-state index contributed by atoms with van der Waals surface area (Å²) in [5.74, 6) is 0.298. The zero-order valence-electron chi connectivity index (χ0n) is 16.2. The van der Waals surface area contributed by atoms with E-state index in [1.165, 1.54) is 6.20 Å². The van der Waals surface area contributed by atoms with Gasteiger partial charge in [-0.25, -0.2) is 0 Å². The summed E-state index contributed by atoms with van der Waals surface area (Å²) >= 11 is 12.0. The van der Waals surface area contributed by atoms with Crippen molar-refractivity contribution in [1.29, 1.82) is 0 Å². The van der Waals surface area contributed by atoms with Crippen molar-refractivity contribution < 1.29 is 4.79 Å². The molecule has 2 rings (SSSR count). The van der Waals surface area contributed by atoms with Crippen LogP contribution in [-0.2, 0) is 11.3 Å². The van der Waals surface area contributed by atoms with Crippen molar-refractivity contribution in [2.75, 3.05) is 13.1 Å².